The maximum Gasteiger partial charge on any atom is 0.330 e. The summed E-state index contributed by atoms with van der Waals surface area (Å²) >= 11 is 0. The SMILES string of the molecule is Cn1c(=O)n(CCC(=O)O)c2cccnc21. The van der Waals surface area contributed by atoms with Gasteiger partial charge in [0.1, 0.15) is 0 Å². The van der Waals surface area contributed by atoms with E-state index in [1.165, 1.54) is 9.13 Å². The number of imidazole rings is 1. The normalized spacial score (nSPS) is 10.8. The van der Waals surface area contributed by atoms with E-state index in [0.29, 0.717) is 11.2 Å². The molecule has 0 radical (unpaired) electrons. The van der Waals surface area contributed by atoms with Gasteiger partial charge in [0, 0.05) is 19.8 Å². The zero-order chi connectivity index (χ0) is 11.7. The molecule has 0 aliphatic heterocycles. The Morgan fingerprint density at radius 1 is 1.56 bits per heavy atom. The van der Waals surface area contributed by atoms with Crippen molar-refractivity contribution in [3.05, 3.63) is 28.8 Å². The number of aliphatic carboxylic acids is 1. The number of rotatable bonds is 3. The van der Waals surface area contributed by atoms with Gasteiger partial charge >= 0.3 is 11.7 Å². The molecule has 16 heavy (non-hydrogen) atoms. The van der Waals surface area contributed by atoms with Crippen molar-refractivity contribution in [3.63, 3.8) is 0 Å². The van der Waals surface area contributed by atoms with Gasteiger partial charge < -0.3 is 5.11 Å². The second-order valence-corrected chi connectivity index (χ2v) is 3.48. The van der Waals surface area contributed by atoms with Gasteiger partial charge in [0.25, 0.3) is 0 Å². The Kier molecular flexibility index (Phi) is 2.47. The number of pyridine rings is 1. The third-order valence-corrected chi connectivity index (χ3v) is 2.44. The van der Waals surface area contributed by atoms with Gasteiger partial charge in [-0.3, -0.25) is 13.9 Å². The molecule has 0 spiro atoms. The van der Waals surface area contributed by atoms with Crippen LogP contribution in [-0.2, 0) is 18.4 Å². The number of carbonyl (C=O) groups is 1. The van der Waals surface area contributed by atoms with Gasteiger partial charge in [0.2, 0.25) is 0 Å². The van der Waals surface area contributed by atoms with Crippen LogP contribution in [0.1, 0.15) is 6.42 Å². The van der Waals surface area contributed by atoms with Crippen LogP contribution < -0.4 is 5.69 Å². The lowest BCUT2D eigenvalue weighted by atomic mass is 10.4. The molecule has 0 aliphatic rings. The van der Waals surface area contributed by atoms with Crippen LogP contribution in [-0.4, -0.2) is 25.2 Å². The van der Waals surface area contributed by atoms with E-state index in [-0.39, 0.29) is 18.7 Å². The number of nitrogens with zero attached hydrogens (tertiary/aromatic N) is 3. The van der Waals surface area contributed by atoms with Gasteiger partial charge in [-0.1, -0.05) is 0 Å². The van der Waals surface area contributed by atoms with E-state index in [2.05, 4.69) is 4.98 Å². The summed E-state index contributed by atoms with van der Waals surface area (Å²) in [5.74, 6) is -0.923. The van der Waals surface area contributed by atoms with Gasteiger partial charge in [0.15, 0.2) is 5.65 Å². The molecule has 2 rings (SSSR count). The van der Waals surface area contributed by atoms with Gasteiger partial charge in [-0.15, -0.1) is 0 Å². The van der Waals surface area contributed by atoms with Crippen molar-refractivity contribution in [2.75, 3.05) is 0 Å². The zero-order valence-electron chi connectivity index (χ0n) is 8.75. The molecule has 2 aromatic heterocycles. The average Bonchev–Trinajstić information content (AvgIpc) is 2.50. The van der Waals surface area contributed by atoms with Crippen LogP contribution in [0.4, 0.5) is 0 Å². The third kappa shape index (κ3) is 1.58. The highest BCUT2D eigenvalue weighted by atomic mass is 16.4. The van der Waals surface area contributed by atoms with Crippen LogP contribution in [0.25, 0.3) is 11.2 Å². The summed E-state index contributed by atoms with van der Waals surface area (Å²) in [6, 6.07) is 3.48. The third-order valence-electron chi connectivity index (χ3n) is 2.44. The maximum absolute atomic E-state index is 11.8. The Morgan fingerprint density at radius 3 is 3.00 bits per heavy atom. The molecular weight excluding hydrogens is 210 g/mol. The molecule has 0 bridgehead atoms. The number of fused-ring (bicyclic) bond motifs is 1. The summed E-state index contributed by atoms with van der Waals surface area (Å²) in [7, 11) is 1.62. The fraction of sp³-hybridized carbons (Fsp3) is 0.300. The molecule has 0 fully saturated rings. The predicted molar refractivity (Wildman–Crippen MR) is 57.2 cm³/mol. The van der Waals surface area contributed by atoms with Crippen molar-refractivity contribution in [2.24, 2.45) is 7.05 Å². The lowest BCUT2D eigenvalue weighted by molar-refractivity contribution is -0.137. The molecule has 6 nitrogen and oxygen atoms in total. The number of hydrogen-bond acceptors (Lipinski definition) is 3. The number of carboxylic acids is 1. The Bertz CT molecular complexity index is 597. The van der Waals surface area contributed by atoms with Gasteiger partial charge in [-0.05, 0) is 12.1 Å². The van der Waals surface area contributed by atoms with Crippen LogP contribution in [0.5, 0.6) is 0 Å². The van der Waals surface area contributed by atoms with Crippen LogP contribution in [0, 0.1) is 0 Å². The number of carboxylic acid groups (broad SMARTS) is 1. The Labute approximate surface area is 90.8 Å². The van der Waals surface area contributed by atoms with Crippen molar-refractivity contribution in [3.8, 4) is 0 Å². The molecule has 0 aliphatic carbocycles. The summed E-state index contributed by atoms with van der Waals surface area (Å²) in [6.45, 7) is 0.164. The number of hydrogen-bond donors (Lipinski definition) is 1. The molecule has 0 atom stereocenters. The Morgan fingerprint density at radius 2 is 2.31 bits per heavy atom. The molecule has 0 aromatic carbocycles. The summed E-state index contributed by atoms with van der Waals surface area (Å²) in [5, 5.41) is 8.61. The van der Waals surface area contributed by atoms with E-state index in [0.717, 1.165) is 0 Å². The first kappa shape index (κ1) is 10.4. The topological polar surface area (TPSA) is 77.1 Å². The molecular formula is C10H11N3O3. The zero-order valence-corrected chi connectivity index (χ0v) is 8.75. The molecule has 0 saturated heterocycles. The lowest BCUT2D eigenvalue weighted by Crippen LogP contribution is -2.23. The van der Waals surface area contributed by atoms with Gasteiger partial charge in [-0.2, -0.15) is 0 Å². The average molecular weight is 221 g/mol. The largest absolute Gasteiger partial charge is 0.481 e. The van der Waals surface area contributed by atoms with E-state index in [9.17, 15) is 9.59 Å². The van der Waals surface area contributed by atoms with E-state index < -0.39 is 5.97 Å². The van der Waals surface area contributed by atoms with Crippen LogP contribution in [0.3, 0.4) is 0 Å². The minimum absolute atomic E-state index is 0.0755. The molecule has 1 N–H and O–H groups in total. The monoisotopic (exact) mass is 221 g/mol. The quantitative estimate of drug-likeness (QED) is 0.803. The fourth-order valence-electron chi connectivity index (χ4n) is 1.66. The Hall–Kier alpha value is -2.11. The van der Waals surface area contributed by atoms with Gasteiger partial charge in [0.05, 0.1) is 11.9 Å². The summed E-state index contributed by atoms with van der Waals surface area (Å²) in [6.07, 6.45) is 1.53. The molecule has 6 heteroatoms. The molecule has 2 heterocycles. The minimum Gasteiger partial charge on any atom is -0.481 e. The lowest BCUT2D eigenvalue weighted by Gasteiger charge is -1.98. The highest BCUT2D eigenvalue weighted by molar-refractivity contribution is 5.72. The predicted octanol–water partition coefficient (Wildman–Crippen LogP) is 0.210. The van der Waals surface area contributed by atoms with Gasteiger partial charge in [-0.25, -0.2) is 9.78 Å². The maximum atomic E-state index is 11.8. The Balaban J connectivity index is 2.55. The fourth-order valence-corrected chi connectivity index (χ4v) is 1.66. The highest BCUT2D eigenvalue weighted by Gasteiger charge is 2.11. The smallest absolute Gasteiger partial charge is 0.330 e. The molecule has 0 amide bonds. The van der Waals surface area contributed by atoms with Crippen molar-refractivity contribution in [1.82, 2.24) is 14.1 Å². The van der Waals surface area contributed by atoms with E-state index in [1.807, 2.05) is 0 Å². The highest BCUT2D eigenvalue weighted by Crippen LogP contribution is 2.08. The first-order chi connectivity index (χ1) is 7.61. The van der Waals surface area contributed by atoms with Crippen LogP contribution >= 0.6 is 0 Å². The van der Waals surface area contributed by atoms with E-state index in [1.54, 1.807) is 25.4 Å². The van der Waals surface area contributed by atoms with Crippen molar-refractivity contribution >= 4 is 17.1 Å². The number of aromatic nitrogens is 3. The van der Waals surface area contributed by atoms with Crippen LogP contribution in [0.15, 0.2) is 23.1 Å². The van der Waals surface area contributed by atoms with Crippen molar-refractivity contribution in [2.45, 2.75) is 13.0 Å². The molecule has 0 saturated carbocycles. The number of aryl methyl sites for hydroxylation is 2. The van der Waals surface area contributed by atoms with E-state index in [4.69, 9.17) is 5.11 Å². The van der Waals surface area contributed by atoms with Crippen molar-refractivity contribution in [1.29, 1.82) is 0 Å². The first-order valence-electron chi connectivity index (χ1n) is 4.83. The first-order valence-corrected chi connectivity index (χ1v) is 4.83. The summed E-state index contributed by atoms with van der Waals surface area (Å²) in [4.78, 5) is 26.4. The minimum atomic E-state index is -0.923. The molecule has 0 unspecified atom stereocenters. The standard InChI is InChI=1S/C10H11N3O3/c1-12-9-7(3-2-5-11-9)13(10(12)16)6-4-8(14)15/h2-3,5H,4,6H2,1H3,(H,14,15). The summed E-state index contributed by atoms with van der Waals surface area (Å²) in [5.41, 5.74) is 0.990. The molecule has 84 valence electrons. The van der Waals surface area contributed by atoms with Crippen LogP contribution in [0.2, 0.25) is 0 Å². The van der Waals surface area contributed by atoms with Crippen molar-refractivity contribution < 1.29 is 9.90 Å². The second-order valence-electron chi connectivity index (χ2n) is 3.48. The second kappa shape index (κ2) is 3.80. The van der Waals surface area contributed by atoms with E-state index >= 15 is 0 Å². The summed E-state index contributed by atoms with van der Waals surface area (Å²) < 4.78 is 2.84. The molecule has 2 aromatic rings.